The maximum Gasteiger partial charge on any atom is 0.277 e. The zero-order valence-corrected chi connectivity index (χ0v) is 17.4. The lowest BCUT2D eigenvalue weighted by atomic mass is 10.1. The summed E-state index contributed by atoms with van der Waals surface area (Å²) in [6, 6.07) is 16.2. The van der Waals surface area contributed by atoms with Gasteiger partial charge in [0.2, 0.25) is 5.91 Å². The van der Waals surface area contributed by atoms with Crippen LogP contribution in [0.5, 0.6) is 0 Å². The Morgan fingerprint density at radius 3 is 2.60 bits per heavy atom. The monoisotopic (exact) mass is 437 g/mol. The van der Waals surface area contributed by atoms with Crippen LogP contribution >= 0.6 is 22.9 Å². The molecule has 2 N–H and O–H groups in total. The molecule has 30 heavy (non-hydrogen) atoms. The topological polar surface area (TPSA) is 88.9 Å². The quantitative estimate of drug-likeness (QED) is 0.466. The third kappa shape index (κ3) is 4.56. The summed E-state index contributed by atoms with van der Waals surface area (Å²) in [6.07, 6.45) is 1.70. The maximum absolute atomic E-state index is 12.5. The summed E-state index contributed by atoms with van der Waals surface area (Å²) >= 11 is 7.33. The molecule has 0 radical (unpaired) electrons. The van der Waals surface area contributed by atoms with Crippen LogP contribution in [0.1, 0.15) is 17.4 Å². The first-order chi connectivity index (χ1) is 14.5. The maximum atomic E-state index is 12.5. The third-order valence-corrected chi connectivity index (χ3v) is 5.11. The lowest BCUT2D eigenvalue weighted by Crippen LogP contribution is -2.13. The van der Waals surface area contributed by atoms with Crippen LogP contribution in [-0.2, 0) is 4.79 Å². The number of aromatic nitrogens is 3. The highest BCUT2D eigenvalue weighted by atomic mass is 35.5. The van der Waals surface area contributed by atoms with Crippen LogP contribution in [-0.4, -0.2) is 26.6 Å². The van der Waals surface area contributed by atoms with Crippen LogP contribution in [0.3, 0.4) is 0 Å². The van der Waals surface area contributed by atoms with Gasteiger partial charge in [0, 0.05) is 34.8 Å². The van der Waals surface area contributed by atoms with E-state index in [-0.39, 0.29) is 17.5 Å². The van der Waals surface area contributed by atoms with Gasteiger partial charge in [-0.15, -0.1) is 11.3 Å². The van der Waals surface area contributed by atoms with Gasteiger partial charge in [0.05, 0.1) is 11.4 Å². The number of hydrogen-bond donors (Lipinski definition) is 2. The second-order valence-corrected chi connectivity index (χ2v) is 7.67. The zero-order valence-electron chi connectivity index (χ0n) is 15.8. The lowest BCUT2D eigenvalue weighted by Gasteiger charge is -2.03. The normalized spacial score (nSPS) is 10.6. The molecule has 0 saturated heterocycles. The van der Waals surface area contributed by atoms with Gasteiger partial charge < -0.3 is 5.32 Å². The van der Waals surface area contributed by atoms with E-state index < -0.39 is 0 Å². The molecule has 2 aromatic heterocycles. The van der Waals surface area contributed by atoms with Crippen LogP contribution < -0.4 is 10.6 Å². The molecule has 2 amide bonds. The predicted octanol–water partition coefficient (Wildman–Crippen LogP) is 4.86. The van der Waals surface area contributed by atoms with Crippen LogP contribution in [0.25, 0.3) is 16.9 Å². The molecule has 0 fully saturated rings. The molecule has 4 rings (SSSR count). The van der Waals surface area contributed by atoms with Gasteiger partial charge >= 0.3 is 0 Å². The average molecular weight is 438 g/mol. The Bertz CT molecular complexity index is 1220. The van der Waals surface area contributed by atoms with E-state index >= 15 is 0 Å². The summed E-state index contributed by atoms with van der Waals surface area (Å²) in [4.78, 5) is 28.1. The molecule has 0 aliphatic heterocycles. The fraction of sp³-hybridized carbons (Fsp3) is 0.0476. The number of benzene rings is 2. The van der Waals surface area contributed by atoms with E-state index in [9.17, 15) is 9.59 Å². The van der Waals surface area contributed by atoms with Crippen molar-refractivity contribution >= 4 is 45.6 Å². The van der Waals surface area contributed by atoms with Gasteiger partial charge in [0.15, 0.2) is 10.8 Å². The summed E-state index contributed by atoms with van der Waals surface area (Å²) in [5, 5.41) is 12.7. The Hall–Kier alpha value is -3.49. The van der Waals surface area contributed by atoms with Crippen molar-refractivity contribution in [2.75, 3.05) is 10.6 Å². The molecular formula is C21H16ClN5O2S. The standard InChI is InChI=1S/C21H16ClN5O2S/c1-13(28)23-16-7-5-14(6-8-16)19-12-30-21(24-19)25-20(29)18-9-10-27(26-18)17-4-2-3-15(22)11-17/h2-12H,1H3,(H,23,28)(H,24,25,29). The Morgan fingerprint density at radius 2 is 1.87 bits per heavy atom. The minimum absolute atomic E-state index is 0.126. The highest BCUT2D eigenvalue weighted by Gasteiger charge is 2.13. The SMILES string of the molecule is CC(=O)Nc1ccc(-c2csc(NC(=O)c3ccn(-c4cccc(Cl)c4)n3)n2)cc1. The van der Waals surface area contributed by atoms with Crippen molar-refractivity contribution in [1.82, 2.24) is 14.8 Å². The van der Waals surface area contributed by atoms with Crippen LogP contribution in [0.2, 0.25) is 5.02 Å². The number of hydrogen-bond acceptors (Lipinski definition) is 5. The number of carbonyl (C=O) groups is 2. The second kappa shape index (κ2) is 8.48. The van der Waals surface area contributed by atoms with Gasteiger partial charge in [-0.25, -0.2) is 9.67 Å². The molecule has 2 aromatic carbocycles. The minimum atomic E-state index is -0.349. The van der Waals surface area contributed by atoms with Gasteiger partial charge in [-0.2, -0.15) is 5.10 Å². The number of thiazole rings is 1. The largest absolute Gasteiger partial charge is 0.326 e. The molecule has 0 aliphatic rings. The molecule has 0 saturated carbocycles. The molecule has 0 atom stereocenters. The first-order valence-electron chi connectivity index (χ1n) is 8.94. The Morgan fingerprint density at radius 1 is 1.07 bits per heavy atom. The van der Waals surface area contributed by atoms with Crippen molar-refractivity contribution in [2.24, 2.45) is 0 Å². The predicted molar refractivity (Wildman–Crippen MR) is 118 cm³/mol. The highest BCUT2D eigenvalue weighted by Crippen LogP contribution is 2.26. The van der Waals surface area contributed by atoms with Gasteiger partial charge in [-0.1, -0.05) is 29.8 Å². The van der Waals surface area contributed by atoms with E-state index in [0.717, 1.165) is 16.9 Å². The minimum Gasteiger partial charge on any atom is -0.326 e. The summed E-state index contributed by atoms with van der Waals surface area (Å²) in [5.74, 6) is -0.475. The Kier molecular flexibility index (Phi) is 5.60. The second-order valence-electron chi connectivity index (χ2n) is 6.38. The van der Waals surface area contributed by atoms with Crippen LogP contribution in [0.4, 0.5) is 10.8 Å². The number of halogens is 1. The molecule has 0 bridgehead atoms. The molecule has 0 aliphatic carbocycles. The van der Waals surface area contributed by atoms with Gasteiger partial charge in [0.1, 0.15) is 0 Å². The molecule has 150 valence electrons. The molecule has 0 spiro atoms. The van der Waals surface area contributed by atoms with Crippen molar-refractivity contribution in [1.29, 1.82) is 0 Å². The number of rotatable bonds is 5. The zero-order chi connectivity index (χ0) is 21.1. The summed E-state index contributed by atoms with van der Waals surface area (Å²) in [6.45, 7) is 1.46. The van der Waals surface area contributed by atoms with E-state index in [1.165, 1.54) is 18.3 Å². The molecule has 4 aromatic rings. The molecular weight excluding hydrogens is 422 g/mol. The summed E-state index contributed by atoms with van der Waals surface area (Å²) in [5.41, 5.74) is 3.36. The van der Waals surface area contributed by atoms with Crippen molar-refractivity contribution in [2.45, 2.75) is 6.92 Å². The van der Waals surface area contributed by atoms with E-state index in [0.29, 0.717) is 15.8 Å². The Labute approximate surface area is 181 Å². The van der Waals surface area contributed by atoms with Gasteiger partial charge in [-0.3, -0.25) is 14.9 Å². The smallest absolute Gasteiger partial charge is 0.277 e. The molecule has 7 nitrogen and oxygen atoms in total. The number of nitrogens with one attached hydrogen (secondary N) is 2. The number of anilines is 2. The van der Waals surface area contributed by atoms with E-state index in [4.69, 9.17) is 11.6 Å². The fourth-order valence-electron chi connectivity index (χ4n) is 2.76. The van der Waals surface area contributed by atoms with Crippen molar-refractivity contribution in [3.05, 3.63) is 76.9 Å². The molecule has 2 heterocycles. The van der Waals surface area contributed by atoms with Gasteiger partial charge in [-0.05, 0) is 36.4 Å². The lowest BCUT2D eigenvalue weighted by molar-refractivity contribution is -0.114. The number of amides is 2. The number of nitrogens with zero attached hydrogens (tertiary/aromatic N) is 3. The van der Waals surface area contributed by atoms with Crippen molar-refractivity contribution < 1.29 is 9.59 Å². The fourth-order valence-corrected chi connectivity index (χ4v) is 3.66. The van der Waals surface area contributed by atoms with Crippen LogP contribution in [0, 0.1) is 0 Å². The molecule has 9 heteroatoms. The first kappa shape index (κ1) is 19.8. The number of carbonyl (C=O) groups excluding carboxylic acids is 2. The van der Waals surface area contributed by atoms with Crippen LogP contribution in [0.15, 0.2) is 66.2 Å². The average Bonchev–Trinajstić information content (AvgIpc) is 3.38. The van der Waals surface area contributed by atoms with Crippen molar-refractivity contribution in [3.63, 3.8) is 0 Å². The first-order valence-corrected chi connectivity index (χ1v) is 10.2. The Balaban J connectivity index is 1.45. The summed E-state index contributed by atoms with van der Waals surface area (Å²) < 4.78 is 1.59. The highest BCUT2D eigenvalue weighted by molar-refractivity contribution is 7.14. The third-order valence-electron chi connectivity index (χ3n) is 4.12. The van der Waals surface area contributed by atoms with E-state index in [1.807, 2.05) is 29.6 Å². The van der Waals surface area contributed by atoms with E-state index in [1.54, 1.807) is 41.2 Å². The van der Waals surface area contributed by atoms with E-state index in [2.05, 4.69) is 20.7 Å². The summed E-state index contributed by atoms with van der Waals surface area (Å²) in [7, 11) is 0. The molecule has 0 unspecified atom stereocenters. The van der Waals surface area contributed by atoms with Crippen molar-refractivity contribution in [3.8, 4) is 16.9 Å². The van der Waals surface area contributed by atoms with Gasteiger partial charge in [0.25, 0.3) is 5.91 Å².